The highest BCUT2D eigenvalue weighted by molar-refractivity contribution is 9.10. The Hall–Kier alpha value is -1.50. The standard InChI is InChI=1S/C17H13BrN2OS2/c18-13-6-7-22-15(13)14-9-23-17(20-14)11-2-1-3-12(8-11)19-16(21)10-4-5-10/h1-3,6-10H,4-5H2,(H,19,21). The molecule has 4 rings (SSSR count). The minimum atomic E-state index is 0.129. The topological polar surface area (TPSA) is 42.0 Å². The molecule has 1 saturated carbocycles. The zero-order valence-corrected chi connectivity index (χ0v) is 15.3. The molecular formula is C17H13BrN2OS2. The third kappa shape index (κ3) is 3.24. The van der Waals surface area contributed by atoms with E-state index in [0.717, 1.165) is 44.1 Å². The monoisotopic (exact) mass is 404 g/mol. The first kappa shape index (κ1) is 15.1. The Morgan fingerprint density at radius 1 is 1.26 bits per heavy atom. The highest BCUT2D eigenvalue weighted by Gasteiger charge is 2.29. The first-order chi connectivity index (χ1) is 11.2. The van der Waals surface area contributed by atoms with Crippen molar-refractivity contribution >= 4 is 50.2 Å². The molecule has 3 nitrogen and oxygen atoms in total. The fourth-order valence-corrected chi connectivity index (χ4v) is 4.73. The van der Waals surface area contributed by atoms with Crippen molar-refractivity contribution in [3.05, 3.63) is 45.6 Å². The summed E-state index contributed by atoms with van der Waals surface area (Å²) in [4.78, 5) is 17.8. The summed E-state index contributed by atoms with van der Waals surface area (Å²) in [7, 11) is 0. The van der Waals surface area contributed by atoms with Crippen LogP contribution in [0.5, 0.6) is 0 Å². The van der Waals surface area contributed by atoms with Crippen molar-refractivity contribution < 1.29 is 4.79 Å². The largest absolute Gasteiger partial charge is 0.326 e. The molecule has 2 aromatic heterocycles. The summed E-state index contributed by atoms with van der Waals surface area (Å²) in [5, 5.41) is 8.07. The Labute approximate surface area is 150 Å². The molecule has 6 heteroatoms. The predicted octanol–water partition coefficient (Wildman–Crippen LogP) is 5.65. The summed E-state index contributed by atoms with van der Waals surface area (Å²) in [6, 6.07) is 9.94. The molecule has 1 N–H and O–H groups in total. The molecule has 1 fully saturated rings. The van der Waals surface area contributed by atoms with Gasteiger partial charge in [-0.3, -0.25) is 4.79 Å². The lowest BCUT2D eigenvalue weighted by Crippen LogP contribution is -2.13. The average molecular weight is 405 g/mol. The molecule has 0 bridgehead atoms. The zero-order chi connectivity index (χ0) is 15.8. The van der Waals surface area contributed by atoms with Crippen LogP contribution in [0.3, 0.4) is 0 Å². The third-order valence-corrected chi connectivity index (χ3v) is 6.43. The number of nitrogens with one attached hydrogen (secondary N) is 1. The van der Waals surface area contributed by atoms with E-state index in [1.54, 1.807) is 22.7 Å². The lowest BCUT2D eigenvalue weighted by Gasteiger charge is -2.05. The number of anilines is 1. The summed E-state index contributed by atoms with van der Waals surface area (Å²) in [5.74, 6) is 0.339. The number of thiazole rings is 1. The Kier molecular flexibility index (Phi) is 4.05. The predicted molar refractivity (Wildman–Crippen MR) is 99.9 cm³/mol. The normalized spacial score (nSPS) is 14.0. The van der Waals surface area contributed by atoms with Crippen LogP contribution >= 0.6 is 38.6 Å². The molecule has 0 atom stereocenters. The van der Waals surface area contributed by atoms with Gasteiger partial charge in [0.2, 0.25) is 5.91 Å². The van der Waals surface area contributed by atoms with E-state index in [9.17, 15) is 4.79 Å². The minimum absolute atomic E-state index is 0.129. The van der Waals surface area contributed by atoms with Gasteiger partial charge in [-0.25, -0.2) is 4.98 Å². The number of nitrogens with zero attached hydrogens (tertiary/aromatic N) is 1. The number of hydrogen-bond acceptors (Lipinski definition) is 4. The van der Waals surface area contributed by atoms with E-state index >= 15 is 0 Å². The van der Waals surface area contributed by atoms with Crippen molar-refractivity contribution in [3.63, 3.8) is 0 Å². The minimum Gasteiger partial charge on any atom is -0.326 e. The number of thiophene rings is 1. The molecule has 3 aromatic rings. The second-order valence-corrected chi connectivity index (χ2v) is 8.11. The van der Waals surface area contributed by atoms with Crippen molar-refractivity contribution in [1.29, 1.82) is 0 Å². The Balaban J connectivity index is 1.59. The molecule has 23 heavy (non-hydrogen) atoms. The molecule has 1 aliphatic rings. The average Bonchev–Trinajstić information content (AvgIpc) is 3.14. The molecule has 0 unspecified atom stereocenters. The van der Waals surface area contributed by atoms with Crippen molar-refractivity contribution in [2.24, 2.45) is 5.92 Å². The number of benzene rings is 1. The maximum atomic E-state index is 11.9. The van der Waals surface area contributed by atoms with Gasteiger partial charge in [0.25, 0.3) is 0 Å². The van der Waals surface area contributed by atoms with Crippen molar-refractivity contribution in [3.8, 4) is 21.1 Å². The molecule has 0 aliphatic heterocycles. The van der Waals surface area contributed by atoms with E-state index in [4.69, 9.17) is 4.98 Å². The van der Waals surface area contributed by atoms with E-state index in [1.807, 2.05) is 35.7 Å². The van der Waals surface area contributed by atoms with Crippen LogP contribution in [0, 0.1) is 5.92 Å². The summed E-state index contributed by atoms with van der Waals surface area (Å²) in [6.45, 7) is 0. The van der Waals surface area contributed by atoms with Crippen LogP contribution < -0.4 is 5.32 Å². The molecule has 116 valence electrons. The highest BCUT2D eigenvalue weighted by Crippen LogP contribution is 2.37. The Morgan fingerprint density at radius 2 is 2.13 bits per heavy atom. The van der Waals surface area contributed by atoms with Crippen molar-refractivity contribution in [2.75, 3.05) is 5.32 Å². The number of aromatic nitrogens is 1. The van der Waals surface area contributed by atoms with Gasteiger partial charge in [-0.1, -0.05) is 12.1 Å². The lowest BCUT2D eigenvalue weighted by molar-refractivity contribution is -0.117. The maximum absolute atomic E-state index is 11.9. The Bertz CT molecular complexity index is 867. The number of rotatable bonds is 4. The second-order valence-electron chi connectivity index (χ2n) is 5.48. The molecule has 0 spiro atoms. The first-order valence-corrected chi connectivity index (χ1v) is 9.86. The van der Waals surface area contributed by atoms with Crippen LogP contribution in [0.4, 0.5) is 5.69 Å². The van der Waals surface area contributed by atoms with Gasteiger partial charge in [0.05, 0.1) is 10.6 Å². The molecule has 0 radical (unpaired) electrons. The van der Waals surface area contributed by atoms with Crippen LogP contribution in [-0.4, -0.2) is 10.9 Å². The SMILES string of the molecule is O=C(Nc1cccc(-c2nc(-c3sccc3Br)cs2)c1)C1CC1. The van der Waals surface area contributed by atoms with Crippen LogP contribution in [0.1, 0.15) is 12.8 Å². The number of carbonyl (C=O) groups excluding carboxylic acids is 1. The van der Waals surface area contributed by atoms with Crippen LogP contribution in [0.2, 0.25) is 0 Å². The molecule has 1 aromatic carbocycles. The first-order valence-electron chi connectivity index (χ1n) is 7.31. The van der Waals surface area contributed by atoms with Gasteiger partial charge in [-0.15, -0.1) is 22.7 Å². The summed E-state index contributed by atoms with van der Waals surface area (Å²) in [6.07, 6.45) is 2.02. The van der Waals surface area contributed by atoms with Gasteiger partial charge in [-0.2, -0.15) is 0 Å². The fourth-order valence-electron chi connectivity index (χ4n) is 2.31. The van der Waals surface area contributed by atoms with Crippen molar-refractivity contribution in [1.82, 2.24) is 4.98 Å². The van der Waals surface area contributed by atoms with Gasteiger partial charge >= 0.3 is 0 Å². The molecule has 1 amide bonds. The van der Waals surface area contributed by atoms with E-state index in [1.165, 1.54) is 0 Å². The van der Waals surface area contributed by atoms with E-state index in [0.29, 0.717) is 0 Å². The van der Waals surface area contributed by atoms with Crippen LogP contribution in [0.25, 0.3) is 21.1 Å². The van der Waals surface area contributed by atoms with Gasteiger partial charge < -0.3 is 5.32 Å². The summed E-state index contributed by atoms with van der Waals surface area (Å²) >= 11 is 6.85. The maximum Gasteiger partial charge on any atom is 0.227 e. The van der Waals surface area contributed by atoms with E-state index < -0.39 is 0 Å². The van der Waals surface area contributed by atoms with Crippen LogP contribution in [-0.2, 0) is 4.79 Å². The third-order valence-electron chi connectivity index (χ3n) is 3.68. The Morgan fingerprint density at radius 3 is 2.87 bits per heavy atom. The van der Waals surface area contributed by atoms with Gasteiger partial charge in [0, 0.05) is 27.0 Å². The fraction of sp³-hybridized carbons (Fsp3) is 0.176. The number of halogens is 1. The van der Waals surface area contributed by atoms with Gasteiger partial charge in [0.1, 0.15) is 5.01 Å². The highest BCUT2D eigenvalue weighted by atomic mass is 79.9. The lowest BCUT2D eigenvalue weighted by atomic mass is 10.2. The number of hydrogen-bond donors (Lipinski definition) is 1. The smallest absolute Gasteiger partial charge is 0.227 e. The van der Waals surface area contributed by atoms with E-state index in [2.05, 4.69) is 26.6 Å². The summed E-state index contributed by atoms with van der Waals surface area (Å²) < 4.78 is 1.07. The van der Waals surface area contributed by atoms with Crippen molar-refractivity contribution in [2.45, 2.75) is 12.8 Å². The van der Waals surface area contributed by atoms with Gasteiger partial charge in [0.15, 0.2) is 0 Å². The quantitative estimate of drug-likeness (QED) is 0.610. The van der Waals surface area contributed by atoms with Crippen LogP contribution in [0.15, 0.2) is 45.6 Å². The summed E-state index contributed by atoms with van der Waals surface area (Å²) in [5.41, 5.74) is 2.86. The number of carbonyl (C=O) groups is 1. The molecular weight excluding hydrogens is 392 g/mol. The number of amides is 1. The molecule has 2 heterocycles. The zero-order valence-electron chi connectivity index (χ0n) is 12.1. The second kappa shape index (κ2) is 6.19. The van der Waals surface area contributed by atoms with Gasteiger partial charge in [-0.05, 0) is 52.4 Å². The van der Waals surface area contributed by atoms with E-state index in [-0.39, 0.29) is 11.8 Å². The molecule has 1 aliphatic carbocycles. The molecule has 0 saturated heterocycles.